The maximum Gasteiger partial charge on any atom is 0.326 e. The number of halogens is 1. The zero-order chi connectivity index (χ0) is 13.9. The molecule has 3 N–H and O–H groups in total. The molecule has 0 aromatic heterocycles. The number of carboxylic acid groups (broad SMARTS) is 1. The Balaban J connectivity index is 2.94. The molecule has 1 aromatic rings. The van der Waals surface area contributed by atoms with E-state index in [4.69, 9.17) is 16.7 Å². The lowest BCUT2D eigenvalue weighted by Gasteiger charge is -2.18. The van der Waals surface area contributed by atoms with E-state index in [-0.39, 0.29) is 22.3 Å². The van der Waals surface area contributed by atoms with Crippen molar-refractivity contribution in [3.8, 4) is 5.75 Å². The van der Waals surface area contributed by atoms with Crippen LogP contribution >= 0.6 is 11.6 Å². The fourth-order valence-corrected chi connectivity index (χ4v) is 1.62. The first-order valence-corrected chi connectivity index (χ1v) is 5.73. The van der Waals surface area contributed by atoms with Crippen LogP contribution in [0.3, 0.4) is 0 Å². The van der Waals surface area contributed by atoms with Crippen molar-refractivity contribution < 1.29 is 19.8 Å². The van der Waals surface area contributed by atoms with E-state index in [0.717, 1.165) is 0 Å². The fraction of sp³-hybridized carbons (Fsp3) is 0.333. The van der Waals surface area contributed by atoms with Gasteiger partial charge < -0.3 is 15.5 Å². The maximum atomic E-state index is 11.9. The van der Waals surface area contributed by atoms with Crippen LogP contribution in [0, 0.1) is 5.92 Å². The number of hydrogen-bond acceptors (Lipinski definition) is 3. The quantitative estimate of drug-likeness (QED) is 0.780. The number of phenols is 1. The number of aliphatic carboxylic acids is 1. The summed E-state index contributed by atoms with van der Waals surface area (Å²) in [6.45, 7) is 3.37. The SMILES string of the molecule is CC(C)[C@H](NC(=O)c1cc(O)ccc1Cl)C(=O)O. The van der Waals surface area contributed by atoms with Crippen molar-refractivity contribution in [1.82, 2.24) is 5.32 Å². The molecule has 0 aliphatic carbocycles. The van der Waals surface area contributed by atoms with E-state index >= 15 is 0 Å². The molecule has 0 heterocycles. The molecule has 0 spiro atoms. The Kier molecular flexibility index (Phi) is 4.55. The summed E-state index contributed by atoms with van der Waals surface area (Å²) < 4.78 is 0. The molecule has 98 valence electrons. The highest BCUT2D eigenvalue weighted by molar-refractivity contribution is 6.33. The minimum atomic E-state index is -1.12. The van der Waals surface area contributed by atoms with Crippen molar-refractivity contribution >= 4 is 23.5 Å². The molecule has 5 nitrogen and oxygen atoms in total. The Morgan fingerprint density at radius 2 is 1.94 bits per heavy atom. The number of carbonyl (C=O) groups is 2. The van der Waals surface area contributed by atoms with Gasteiger partial charge in [-0.3, -0.25) is 4.79 Å². The zero-order valence-electron chi connectivity index (χ0n) is 9.98. The minimum Gasteiger partial charge on any atom is -0.508 e. The third-order valence-corrected chi connectivity index (χ3v) is 2.74. The normalized spacial score (nSPS) is 12.2. The minimum absolute atomic E-state index is 0.0450. The standard InChI is InChI=1S/C12H14ClNO4/c1-6(2)10(12(17)18)14-11(16)8-5-7(15)3-4-9(8)13/h3-6,10,15H,1-2H3,(H,14,16)(H,17,18)/t10-/m0/s1. The van der Waals surface area contributed by atoms with E-state index in [1.807, 2.05) is 0 Å². The van der Waals surface area contributed by atoms with Gasteiger partial charge in [0.1, 0.15) is 11.8 Å². The molecule has 0 saturated carbocycles. The number of benzene rings is 1. The molecule has 18 heavy (non-hydrogen) atoms. The lowest BCUT2D eigenvalue weighted by molar-refractivity contribution is -0.140. The molecule has 1 rings (SSSR count). The van der Waals surface area contributed by atoms with E-state index in [9.17, 15) is 14.7 Å². The summed E-state index contributed by atoms with van der Waals surface area (Å²) in [5, 5.41) is 20.8. The van der Waals surface area contributed by atoms with Gasteiger partial charge in [-0.25, -0.2) is 4.79 Å². The van der Waals surface area contributed by atoms with Gasteiger partial charge in [-0.1, -0.05) is 25.4 Å². The average molecular weight is 272 g/mol. The summed E-state index contributed by atoms with van der Waals surface area (Å²) in [5.74, 6) is -2.12. The highest BCUT2D eigenvalue weighted by Crippen LogP contribution is 2.21. The molecule has 1 amide bonds. The topological polar surface area (TPSA) is 86.6 Å². The van der Waals surface area contributed by atoms with Gasteiger partial charge in [0.05, 0.1) is 10.6 Å². The summed E-state index contributed by atoms with van der Waals surface area (Å²) in [7, 11) is 0. The molecule has 0 aliphatic heterocycles. The lowest BCUT2D eigenvalue weighted by atomic mass is 10.0. The molecule has 0 unspecified atom stereocenters. The van der Waals surface area contributed by atoms with Gasteiger partial charge in [0, 0.05) is 0 Å². The van der Waals surface area contributed by atoms with Crippen LogP contribution in [0.4, 0.5) is 0 Å². The third-order valence-electron chi connectivity index (χ3n) is 2.41. The first kappa shape index (κ1) is 14.3. The van der Waals surface area contributed by atoms with Crippen molar-refractivity contribution in [3.05, 3.63) is 28.8 Å². The van der Waals surface area contributed by atoms with Gasteiger partial charge in [-0.2, -0.15) is 0 Å². The van der Waals surface area contributed by atoms with Crippen LogP contribution in [0.25, 0.3) is 0 Å². The smallest absolute Gasteiger partial charge is 0.326 e. The summed E-state index contributed by atoms with van der Waals surface area (Å²) in [6, 6.07) is 2.90. The molecule has 0 saturated heterocycles. The highest BCUT2D eigenvalue weighted by atomic mass is 35.5. The largest absolute Gasteiger partial charge is 0.508 e. The van der Waals surface area contributed by atoms with Crippen molar-refractivity contribution in [1.29, 1.82) is 0 Å². The zero-order valence-corrected chi connectivity index (χ0v) is 10.7. The Morgan fingerprint density at radius 3 is 2.44 bits per heavy atom. The molecular weight excluding hydrogens is 258 g/mol. The maximum absolute atomic E-state index is 11.9. The molecule has 1 atom stereocenters. The molecule has 0 bridgehead atoms. The number of hydrogen-bond donors (Lipinski definition) is 3. The average Bonchev–Trinajstić information content (AvgIpc) is 2.28. The summed E-state index contributed by atoms with van der Waals surface area (Å²) in [6.07, 6.45) is 0. The Bertz CT molecular complexity index is 473. The van der Waals surface area contributed by atoms with Crippen LogP contribution < -0.4 is 5.32 Å². The molecule has 0 aliphatic rings. The summed E-state index contributed by atoms with van der Waals surface area (Å²) in [4.78, 5) is 22.8. The predicted octanol–water partition coefficient (Wildman–Crippen LogP) is 1.88. The first-order valence-electron chi connectivity index (χ1n) is 5.35. The molecular formula is C12H14ClNO4. The highest BCUT2D eigenvalue weighted by Gasteiger charge is 2.24. The van der Waals surface area contributed by atoms with Gasteiger partial charge in [0.25, 0.3) is 5.91 Å². The van der Waals surface area contributed by atoms with Gasteiger partial charge in [0.15, 0.2) is 0 Å². The van der Waals surface area contributed by atoms with Crippen molar-refractivity contribution in [2.45, 2.75) is 19.9 Å². The number of amides is 1. The van der Waals surface area contributed by atoms with Crippen LogP contribution in [0.1, 0.15) is 24.2 Å². The fourth-order valence-electron chi connectivity index (χ4n) is 1.42. The van der Waals surface area contributed by atoms with Crippen molar-refractivity contribution in [2.24, 2.45) is 5.92 Å². The third kappa shape index (κ3) is 3.37. The molecule has 6 heteroatoms. The van der Waals surface area contributed by atoms with Crippen LogP contribution in [0.5, 0.6) is 5.75 Å². The Hall–Kier alpha value is -1.75. The van der Waals surface area contributed by atoms with Crippen molar-refractivity contribution in [2.75, 3.05) is 0 Å². The number of carboxylic acids is 1. The second kappa shape index (κ2) is 5.73. The first-order chi connectivity index (χ1) is 8.32. The van der Waals surface area contributed by atoms with E-state index in [0.29, 0.717) is 0 Å². The van der Waals surface area contributed by atoms with Crippen LogP contribution in [-0.4, -0.2) is 28.1 Å². The van der Waals surface area contributed by atoms with Gasteiger partial charge in [0.2, 0.25) is 0 Å². The van der Waals surface area contributed by atoms with Crippen LogP contribution in [-0.2, 0) is 4.79 Å². The second-order valence-electron chi connectivity index (χ2n) is 4.20. The summed E-state index contributed by atoms with van der Waals surface area (Å²) in [5.41, 5.74) is 0.0450. The monoisotopic (exact) mass is 271 g/mol. The van der Waals surface area contributed by atoms with Crippen LogP contribution in [0.15, 0.2) is 18.2 Å². The predicted molar refractivity (Wildman–Crippen MR) is 66.8 cm³/mol. The Labute approximate surface area is 109 Å². The number of rotatable bonds is 4. The van der Waals surface area contributed by atoms with E-state index in [2.05, 4.69) is 5.32 Å². The second-order valence-corrected chi connectivity index (χ2v) is 4.60. The van der Waals surface area contributed by atoms with Gasteiger partial charge in [-0.15, -0.1) is 0 Å². The van der Waals surface area contributed by atoms with Crippen LogP contribution in [0.2, 0.25) is 5.02 Å². The Morgan fingerprint density at radius 1 is 1.33 bits per heavy atom. The number of phenolic OH excluding ortho intramolecular Hbond substituents is 1. The van der Waals surface area contributed by atoms with Gasteiger partial charge in [-0.05, 0) is 24.1 Å². The molecule has 0 fully saturated rings. The number of carbonyl (C=O) groups excluding carboxylic acids is 1. The van der Waals surface area contributed by atoms with E-state index in [1.54, 1.807) is 13.8 Å². The van der Waals surface area contributed by atoms with Gasteiger partial charge >= 0.3 is 5.97 Å². The van der Waals surface area contributed by atoms with E-state index < -0.39 is 17.9 Å². The molecule has 1 aromatic carbocycles. The molecule has 0 radical (unpaired) electrons. The van der Waals surface area contributed by atoms with Crippen molar-refractivity contribution in [3.63, 3.8) is 0 Å². The number of nitrogens with one attached hydrogen (secondary N) is 1. The van der Waals surface area contributed by atoms with E-state index in [1.165, 1.54) is 18.2 Å². The lowest BCUT2D eigenvalue weighted by Crippen LogP contribution is -2.44. The summed E-state index contributed by atoms with van der Waals surface area (Å²) >= 11 is 5.81. The number of aromatic hydroxyl groups is 1.